The Balaban J connectivity index is 2.49. The van der Waals surface area contributed by atoms with E-state index in [1.54, 1.807) is 6.08 Å². The summed E-state index contributed by atoms with van der Waals surface area (Å²) >= 11 is 0. The normalized spacial score (nSPS) is 24.9. The van der Waals surface area contributed by atoms with Crippen molar-refractivity contribution in [3.05, 3.63) is 12.2 Å². The molecule has 1 amide bonds. The summed E-state index contributed by atoms with van der Waals surface area (Å²) in [5.74, 6) is 0.0292. The number of carbonyl (C=O) groups is 1. The second-order valence-electron chi connectivity index (χ2n) is 3.34. The highest BCUT2D eigenvalue weighted by atomic mass is 16.1. The van der Waals surface area contributed by atoms with Gasteiger partial charge in [-0.25, -0.2) is 0 Å². The van der Waals surface area contributed by atoms with Gasteiger partial charge in [-0.15, -0.1) is 0 Å². The topological polar surface area (TPSA) is 32.3 Å². The molecule has 0 aromatic rings. The van der Waals surface area contributed by atoms with Gasteiger partial charge in [0.15, 0.2) is 0 Å². The molecule has 1 heterocycles. The highest BCUT2D eigenvalue weighted by Crippen LogP contribution is 2.05. The van der Waals surface area contributed by atoms with Crippen LogP contribution in [0.4, 0.5) is 0 Å². The summed E-state index contributed by atoms with van der Waals surface area (Å²) in [4.78, 5) is 13.1. The van der Waals surface area contributed by atoms with Crippen LogP contribution in [-0.2, 0) is 4.79 Å². The first-order valence-corrected chi connectivity index (χ1v) is 4.31. The van der Waals surface area contributed by atoms with E-state index in [-0.39, 0.29) is 5.91 Å². The summed E-state index contributed by atoms with van der Waals surface area (Å²) in [7, 11) is 4.09. The van der Waals surface area contributed by atoms with Crippen LogP contribution in [-0.4, -0.2) is 37.5 Å². The molecule has 0 spiro atoms. The van der Waals surface area contributed by atoms with Gasteiger partial charge in [0.2, 0.25) is 5.91 Å². The molecule has 0 fully saturated rings. The zero-order valence-electron chi connectivity index (χ0n) is 7.71. The maximum atomic E-state index is 11.0. The number of nitrogens with one attached hydrogen (secondary N) is 1. The van der Waals surface area contributed by atoms with Crippen molar-refractivity contribution < 1.29 is 4.79 Å². The molecule has 0 aromatic heterocycles. The lowest BCUT2D eigenvalue weighted by Crippen LogP contribution is -2.40. The summed E-state index contributed by atoms with van der Waals surface area (Å²) in [5, 5.41) is 2.85. The Hall–Kier alpha value is -0.830. The SMILES string of the molecule is CN(C)C1CCC=CC(=O)NC1. The summed E-state index contributed by atoms with van der Waals surface area (Å²) in [6.07, 6.45) is 5.66. The second-order valence-corrected chi connectivity index (χ2v) is 3.34. The average Bonchev–Trinajstić information content (AvgIpc) is 1.97. The Morgan fingerprint density at radius 2 is 2.33 bits per heavy atom. The predicted molar refractivity (Wildman–Crippen MR) is 48.9 cm³/mol. The molecule has 3 nitrogen and oxygen atoms in total. The number of nitrogens with zero attached hydrogens (tertiary/aromatic N) is 1. The van der Waals surface area contributed by atoms with Crippen LogP contribution in [0.3, 0.4) is 0 Å². The molecule has 1 rings (SSSR count). The molecular formula is C9H16N2O. The van der Waals surface area contributed by atoms with Crippen molar-refractivity contribution >= 4 is 5.91 Å². The van der Waals surface area contributed by atoms with Crippen molar-refractivity contribution in [2.75, 3.05) is 20.6 Å². The van der Waals surface area contributed by atoms with Crippen LogP contribution in [0, 0.1) is 0 Å². The Morgan fingerprint density at radius 3 is 3.00 bits per heavy atom. The van der Waals surface area contributed by atoms with Gasteiger partial charge in [-0.3, -0.25) is 4.79 Å². The molecule has 0 aliphatic carbocycles. The zero-order valence-corrected chi connectivity index (χ0v) is 7.71. The minimum absolute atomic E-state index is 0.0292. The van der Waals surface area contributed by atoms with Gasteiger partial charge in [0.25, 0.3) is 0 Å². The van der Waals surface area contributed by atoms with Crippen LogP contribution in [0.15, 0.2) is 12.2 Å². The molecule has 0 saturated heterocycles. The highest BCUT2D eigenvalue weighted by Gasteiger charge is 2.12. The third-order valence-corrected chi connectivity index (χ3v) is 2.18. The molecule has 0 bridgehead atoms. The highest BCUT2D eigenvalue weighted by molar-refractivity contribution is 5.87. The molecule has 3 heteroatoms. The maximum absolute atomic E-state index is 11.0. The summed E-state index contributed by atoms with van der Waals surface area (Å²) in [5.41, 5.74) is 0. The van der Waals surface area contributed by atoms with Crippen LogP contribution in [0.25, 0.3) is 0 Å². The van der Waals surface area contributed by atoms with E-state index >= 15 is 0 Å². The lowest BCUT2D eigenvalue weighted by atomic mass is 10.1. The van der Waals surface area contributed by atoms with Crippen molar-refractivity contribution in [3.63, 3.8) is 0 Å². The second kappa shape index (κ2) is 4.26. The fraction of sp³-hybridized carbons (Fsp3) is 0.667. The Labute approximate surface area is 73.4 Å². The van der Waals surface area contributed by atoms with Crippen LogP contribution < -0.4 is 5.32 Å². The first kappa shape index (κ1) is 9.26. The van der Waals surface area contributed by atoms with E-state index in [0.717, 1.165) is 19.4 Å². The van der Waals surface area contributed by atoms with Crippen molar-refractivity contribution in [1.29, 1.82) is 0 Å². The van der Waals surface area contributed by atoms with Gasteiger partial charge < -0.3 is 10.2 Å². The molecule has 0 aromatic carbocycles. The van der Waals surface area contributed by atoms with Gasteiger partial charge in [-0.1, -0.05) is 6.08 Å². The van der Waals surface area contributed by atoms with E-state index in [2.05, 4.69) is 10.2 Å². The Morgan fingerprint density at radius 1 is 1.58 bits per heavy atom. The number of hydrogen-bond acceptors (Lipinski definition) is 2. The van der Waals surface area contributed by atoms with Crippen LogP contribution in [0.1, 0.15) is 12.8 Å². The maximum Gasteiger partial charge on any atom is 0.243 e. The number of amides is 1. The Kier molecular flexibility index (Phi) is 3.29. The average molecular weight is 168 g/mol. The Bertz CT molecular complexity index is 187. The van der Waals surface area contributed by atoms with E-state index < -0.39 is 0 Å². The summed E-state index contributed by atoms with van der Waals surface area (Å²) in [6, 6.07) is 0.471. The molecule has 68 valence electrons. The van der Waals surface area contributed by atoms with E-state index in [1.165, 1.54) is 0 Å². The standard InChI is InChI=1S/C9H16N2O/c1-11(2)8-5-3-4-6-9(12)10-7-8/h4,6,8H,3,5,7H2,1-2H3,(H,10,12). The van der Waals surface area contributed by atoms with Gasteiger partial charge in [0.05, 0.1) is 0 Å². The van der Waals surface area contributed by atoms with E-state index in [1.807, 2.05) is 20.2 Å². The van der Waals surface area contributed by atoms with Gasteiger partial charge in [0, 0.05) is 12.6 Å². The molecule has 1 atom stereocenters. The summed E-state index contributed by atoms with van der Waals surface area (Å²) in [6.45, 7) is 0.760. The number of likely N-dealkylation sites (N-methyl/N-ethyl adjacent to an activating group) is 1. The fourth-order valence-corrected chi connectivity index (χ4v) is 1.30. The van der Waals surface area contributed by atoms with E-state index in [0.29, 0.717) is 6.04 Å². The van der Waals surface area contributed by atoms with Crippen LogP contribution in [0.2, 0.25) is 0 Å². The molecule has 1 aliphatic heterocycles. The zero-order chi connectivity index (χ0) is 8.97. The van der Waals surface area contributed by atoms with Gasteiger partial charge in [0.1, 0.15) is 0 Å². The minimum Gasteiger partial charge on any atom is -0.351 e. The smallest absolute Gasteiger partial charge is 0.243 e. The van der Waals surface area contributed by atoms with Gasteiger partial charge in [-0.05, 0) is 33.0 Å². The van der Waals surface area contributed by atoms with Gasteiger partial charge in [-0.2, -0.15) is 0 Å². The molecule has 0 saturated carbocycles. The molecular weight excluding hydrogens is 152 g/mol. The monoisotopic (exact) mass is 168 g/mol. The summed E-state index contributed by atoms with van der Waals surface area (Å²) < 4.78 is 0. The van der Waals surface area contributed by atoms with E-state index in [4.69, 9.17) is 0 Å². The lowest BCUT2D eigenvalue weighted by molar-refractivity contribution is -0.116. The number of carbonyl (C=O) groups excluding carboxylic acids is 1. The van der Waals surface area contributed by atoms with Crippen molar-refractivity contribution in [2.24, 2.45) is 0 Å². The van der Waals surface area contributed by atoms with Crippen molar-refractivity contribution in [2.45, 2.75) is 18.9 Å². The fourth-order valence-electron chi connectivity index (χ4n) is 1.30. The first-order chi connectivity index (χ1) is 5.70. The van der Waals surface area contributed by atoms with Crippen molar-refractivity contribution in [3.8, 4) is 0 Å². The quantitative estimate of drug-likeness (QED) is 0.614. The number of rotatable bonds is 1. The van der Waals surface area contributed by atoms with Crippen LogP contribution in [0.5, 0.6) is 0 Å². The van der Waals surface area contributed by atoms with E-state index in [9.17, 15) is 4.79 Å². The van der Waals surface area contributed by atoms with Crippen LogP contribution >= 0.6 is 0 Å². The molecule has 1 N–H and O–H groups in total. The molecule has 0 radical (unpaired) electrons. The molecule has 1 aliphatic rings. The molecule has 1 unspecified atom stereocenters. The molecule has 12 heavy (non-hydrogen) atoms. The lowest BCUT2D eigenvalue weighted by Gasteiger charge is -2.24. The first-order valence-electron chi connectivity index (χ1n) is 4.31. The number of hydrogen-bond donors (Lipinski definition) is 1. The number of allylic oxidation sites excluding steroid dienone is 1. The minimum atomic E-state index is 0.0292. The van der Waals surface area contributed by atoms with Crippen molar-refractivity contribution in [1.82, 2.24) is 10.2 Å². The largest absolute Gasteiger partial charge is 0.351 e. The third-order valence-electron chi connectivity index (χ3n) is 2.18. The third kappa shape index (κ3) is 2.66. The van der Waals surface area contributed by atoms with Gasteiger partial charge >= 0.3 is 0 Å². The predicted octanol–water partition coefficient (Wildman–Crippen LogP) is 0.383.